The van der Waals surface area contributed by atoms with E-state index < -0.39 is 11.7 Å². The molecule has 19 heavy (non-hydrogen) atoms. The van der Waals surface area contributed by atoms with Crippen LogP contribution in [-0.2, 0) is 11.3 Å². The number of benzene rings is 1. The second-order valence-electron chi connectivity index (χ2n) is 4.27. The Hall–Kier alpha value is -1.88. The fraction of sp³-hybridized carbons (Fsp3) is 0.231. The first-order valence-electron chi connectivity index (χ1n) is 5.68. The zero-order valence-corrected chi connectivity index (χ0v) is 11.3. The molecule has 0 fully saturated rings. The van der Waals surface area contributed by atoms with Crippen molar-refractivity contribution >= 4 is 17.5 Å². The number of rotatable bonds is 3. The van der Waals surface area contributed by atoms with Gasteiger partial charge in [0.05, 0.1) is 10.7 Å². The second kappa shape index (κ2) is 5.01. The molecule has 100 valence electrons. The molecule has 0 spiro atoms. The summed E-state index contributed by atoms with van der Waals surface area (Å²) in [7, 11) is 0. The number of primary amides is 1. The van der Waals surface area contributed by atoms with Crippen LogP contribution in [0.5, 0.6) is 0 Å². The molecule has 0 aliphatic heterocycles. The first-order chi connectivity index (χ1) is 8.91. The Morgan fingerprint density at radius 3 is 2.79 bits per heavy atom. The van der Waals surface area contributed by atoms with Crippen LogP contribution in [0.4, 0.5) is 4.39 Å². The topological polar surface area (TPSA) is 60.9 Å². The van der Waals surface area contributed by atoms with Gasteiger partial charge in [0.25, 0.3) is 0 Å². The molecule has 2 rings (SSSR count). The molecule has 2 aromatic rings. The molecule has 0 saturated heterocycles. The van der Waals surface area contributed by atoms with Crippen molar-refractivity contribution in [2.45, 2.75) is 20.4 Å². The van der Waals surface area contributed by atoms with Gasteiger partial charge in [-0.15, -0.1) is 0 Å². The van der Waals surface area contributed by atoms with E-state index in [0.717, 1.165) is 0 Å². The van der Waals surface area contributed by atoms with Gasteiger partial charge in [-0.25, -0.2) is 4.39 Å². The predicted molar refractivity (Wildman–Crippen MR) is 71.3 cm³/mol. The highest BCUT2D eigenvalue weighted by Gasteiger charge is 2.18. The maximum atomic E-state index is 14.1. The number of hydrogen-bond acceptors (Lipinski definition) is 2. The molecule has 0 atom stereocenters. The van der Waals surface area contributed by atoms with Gasteiger partial charge in [0.15, 0.2) is 0 Å². The molecule has 1 aromatic heterocycles. The number of nitrogens with two attached hydrogens (primary N) is 1. The normalized spacial score (nSPS) is 10.7. The maximum absolute atomic E-state index is 14.1. The third-order valence-electron chi connectivity index (χ3n) is 2.91. The fourth-order valence-electron chi connectivity index (χ4n) is 2.09. The summed E-state index contributed by atoms with van der Waals surface area (Å²) >= 11 is 5.78. The molecule has 2 N–H and O–H groups in total. The number of aromatic nitrogens is 2. The van der Waals surface area contributed by atoms with Gasteiger partial charge in [-0.2, -0.15) is 5.10 Å². The molecule has 1 aromatic carbocycles. The SMILES string of the molecule is Cc1nn(CC(N)=O)c(C)c1-c1cccc(Cl)c1F. The van der Waals surface area contributed by atoms with Crippen LogP contribution in [0.2, 0.25) is 5.02 Å². The minimum Gasteiger partial charge on any atom is -0.368 e. The summed E-state index contributed by atoms with van der Waals surface area (Å²) < 4.78 is 15.5. The largest absolute Gasteiger partial charge is 0.368 e. The van der Waals surface area contributed by atoms with Crippen LogP contribution in [0.15, 0.2) is 18.2 Å². The van der Waals surface area contributed by atoms with Crippen molar-refractivity contribution in [3.63, 3.8) is 0 Å². The van der Waals surface area contributed by atoms with Gasteiger partial charge in [0.1, 0.15) is 12.4 Å². The lowest BCUT2D eigenvalue weighted by Crippen LogP contribution is -2.20. The lowest BCUT2D eigenvalue weighted by molar-refractivity contribution is -0.118. The van der Waals surface area contributed by atoms with Crippen molar-refractivity contribution in [2.75, 3.05) is 0 Å². The van der Waals surface area contributed by atoms with E-state index in [2.05, 4.69) is 5.10 Å². The monoisotopic (exact) mass is 281 g/mol. The quantitative estimate of drug-likeness (QED) is 0.939. The van der Waals surface area contributed by atoms with E-state index in [1.807, 2.05) is 0 Å². The molecular formula is C13H13ClFN3O. The van der Waals surface area contributed by atoms with Gasteiger partial charge < -0.3 is 5.73 Å². The first-order valence-corrected chi connectivity index (χ1v) is 6.06. The number of amides is 1. The lowest BCUT2D eigenvalue weighted by Gasteiger charge is -2.06. The maximum Gasteiger partial charge on any atom is 0.239 e. The minimum absolute atomic E-state index is 0.0329. The summed E-state index contributed by atoms with van der Waals surface area (Å²) in [6.45, 7) is 3.48. The smallest absolute Gasteiger partial charge is 0.239 e. The highest BCUT2D eigenvalue weighted by Crippen LogP contribution is 2.32. The summed E-state index contributed by atoms with van der Waals surface area (Å²) in [5.74, 6) is -0.988. The number of halogens is 2. The van der Waals surface area contributed by atoms with E-state index in [1.165, 1.54) is 10.7 Å². The zero-order valence-electron chi connectivity index (χ0n) is 10.6. The molecule has 0 unspecified atom stereocenters. The van der Waals surface area contributed by atoms with Gasteiger partial charge >= 0.3 is 0 Å². The minimum atomic E-state index is -0.497. The fourth-order valence-corrected chi connectivity index (χ4v) is 2.26. The number of aryl methyl sites for hydroxylation is 1. The molecule has 0 bridgehead atoms. The number of carbonyl (C=O) groups excluding carboxylic acids is 1. The van der Waals surface area contributed by atoms with Crippen molar-refractivity contribution in [3.8, 4) is 11.1 Å². The van der Waals surface area contributed by atoms with Gasteiger partial charge in [0, 0.05) is 16.8 Å². The Kier molecular flexibility index (Phi) is 3.57. The van der Waals surface area contributed by atoms with Crippen LogP contribution in [0.25, 0.3) is 11.1 Å². The van der Waals surface area contributed by atoms with Crippen molar-refractivity contribution in [1.29, 1.82) is 0 Å². The van der Waals surface area contributed by atoms with Gasteiger partial charge in [0.2, 0.25) is 5.91 Å². The van der Waals surface area contributed by atoms with E-state index in [-0.39, 0.29) is 11.6 Å². The average Bonchev–Trinajstić information content (AvgIpc) is 2.58. The first kappa shape index (κ1) is 13.5. The van der Waals surface area contributed by atoms with Crippen molar-refractivity contribution in [2.24, 2.45) is 5.73 Å². The number of nitrogens with zero attached hydrogens (tertiary/aromatic N) is 2. The standard InChI is InChI=1S/C13H13ClFN3O/c1-7-12(8(2)18(17-7)6-11(16)19)9-4-3-5-10(14)13(9)15/h3-5H,6H2,1-2H3,(H2,16,19). The van der Waals surface area contributed by atoms with E-state index >= 15 is 0 Å². The molecule has 1 amide bonds. The zero-order chi connectivity index (χ0) is 14.2. The Morgan fingerprint density at radius 2 is 2.16 bits per heavy atom. The molecule has 0 saturated carbocycles. The van der Waals surface area contributed by atoms with Gasteiger partial charge in [-0.1, -0.05) is 23.7 Å². The Labute approximate surface area is 115 Å². The highest BCUT2D eigenvalue weighted by atomic mass is 35.5. The second-order valence-corrected chi connectivity index (χ2v) is 4.68. The molecule has 6 heteroatoms. The third-order valence-corrected chi connectivity index (χ3v) is 3.20. The van der Waals surface area contributed by atoms with E-state index in [1.54, 1.807) is 26.0 Å². The third kappa shape index (κ3) is 2.46. The van der Waals surface area contributed by atoms with Crippen LogP contribution >= 0.6 is 11.6 Å². The Balaban J connectivity index is 2.60. The Morgan fingerprint density at radius 1 is 1.47 bits per heavy atom. The molecule has 0 radical (unpaired) electrons. The molecule has 4 nitrogen and oxygen atoms in total. The van der Waals surface area contributed by atoms with Gasteiger partial charge in [-0.3, -0.25) is 9.48 Å². The summed E-state index contributed by atoms with van der Waals surface area (Å²) in [5, 5.41) is 4.26. The van der Waals surface area contributed by atoms with Crippen LogP contribution in [0, 0.1) is 19.7 Å². The molecule has 0 aliphatic rings. The van der Waals surface area contributed by atoms with Crippen LogP contribution in [-0.4, -0.2) is 15.7 Å². The van der Waals surface area contributed by atoms with E-state index in [0.29, 0.717) is 22.5 Å². The predicted octanol–water partition coefficient (Wildman–Crippen LogP) is 2.44. The van der Waals surface area contributed by atoms with Crippen molar-refractivity contribution in [1.82, 2.24) is 9.78 Å². The van der Waals surface area contributed by atoms with Crippen LogP contribution in [0.1, 0.15) is 11.4 Å². The molecule has 0 aliphatic carbocycles. The van der Waals surface area contributed by atoms with Crippen molar-refractivity contribution in [3.05, 3.63) is 40.4 Å². The summed E-state index contributed by atoms with van der Waals surface area (Å²) in [5.41, 5.74) is 7.47. The van der Waals surface area contributed by atoms with Crippen molar-refractivity contribution < 1.29 is 9.18 Å². The number of carbonyl (C=O) groups is 1. The summed E-state index contributed by atoms with van der Waals surface area (Å²) in [4.78, 5) is 11.0. The van der Waals surface area contributed by atoms with Crippen LogP contribution in [0.3, 0.4) is 0 Å². The summed E-state index contributed by atoms with van der Waals surface area (Å²) in [6.07, 6.45) is 0. The van der Waals surface area contributed by atoms with Gasteiger partial charge in [-0.05, 0) is 19.9 Å². The summed E-state index contributed by atoms with van der Waals surface area (Å²) in [6, 6.07) is 4.79. The van der Waals surface area contributed by atoms with E-state index in [4.69, 9.17) is 17.3 Å². The number of hydrogen-bond donors (Lipinski definition) is 1. The molecular weight excluding hydrogens is 269 g/mol. The lowest BCUT2D eigenvalue weighted by atomic mass is 10.0. The molecule has 1 heterocycles. The highest BCUT2D eigenvalue weighted by molar-refractivity contribution is 6.31. The van der Waals surface area contributed by atoms with E-state index in [9.17, 15) is 9.18 Å². The Bertz CT molecular complexity index is 652. The average molecular weight is 282 g/mol. The van der Waals surface area contributed by atoms with Crippen LogP contribution < -0.4 is 5.73 Å².